The van der Waals surface area contributed by atoms with Crippen molar-refractivity contribution < 1.29 is 4.42 Å². The summed E-state index contributed by atoms with van der Waals surface area (Å²) in [4.78, 5) is 14.9. The van der Waals surface area contributed by atoms with Gasteiger partial charge in [-0.3, -0.25) is 0 Å². The Morgan fingerprint density at radius 1 is 0.267 bits per heavy atom. The number of benzene rings is 7. The zero-order valence-electron chi connectivity index (χ0n) is 32.0. The first-order valence-corrected chi connectivity index (χ1v) is 18.6. The SMILES string of the molecule is [B]c1c([B])c([B])c(-c2c([B])c([B])c([B])c3c2oc2c([B])c([B])c([B])c(-c4nc(-c5ccccc5)nc(-c5ccc(-c6ccc(-c7ccccc7)cc6)cc5)n4)c23)c([B])c1[B]. The van der Waals surface area contributed by atoms with Gasteiger partial charge in [-0.2, -0.15) is 0 Å². The van der Waals surface area contributed by atoms with Crippen LogP contribution in [-0.4, -0.2) is 101 Å². The third-order valence-electron chi connectivity index (χ3n) is 10.9. The lowest BCUT2D eigenvalue weighted by molar-refractivity contribution is 0.673. The summed E-state index contributed by atoms with van der Waals surface area (Å²) in [5.74, 6) is 0.858. The van der Waals surface area contributed by atoms with Crippen LogP contribution in [0.5, 0.6) is 0 Å². The van der Waals surface area contributed by atoms with E-state index in [9.17, 15) is 0 Å². The molecule has 15 heteroatoms. The van der Waals surface area contributed by atoms with Crippen LogP contribution in [0.25, 0.3) is 89.5 Å². The van der Waals surface area contributed by atoms with Gasteiger partial charge in [0.15, 0.2) is 17.5 Å². The molecular formula is C45H18B11N3O. The molecule has 4 nitrogen and oxygen atoms in total. The summed E-state index contributed by atoms with van der Waals surface area (Å²) in [5.41, 5.74) is 6.60. The van der Waals surface area contributed by atoms with E-state index >= 15 is 0 Å². The normalized spacial score (nSPS) is 11.4. The Balaban J connectivity index is 1.27. The maximum Gasteiger partial charge on any atom is 0.164 e. The van der Waals surface area contributed by atoms with E-state index in [1.54, 1.807) is 0 Å². The standard InChI is InChI=1S/C45H18B11N3O/c46-30-26(31(47)37(53)39(55)36(30)52)28-33(49)35(51)32(48)27-25-29(34(50)38(54)40(56)42(25)60-41(27)28)45-58-43(23-9-5-2-6-10-23)57-44(59-45)24-17-15-22(16-18-24)21-13-11-20(12-14-21)19-7-3-1-4-8-19/h1-18H. The quantitative estimate of drug-likeness (QED) is 0.196. The molecule has 0 unspecified atom stereocenters. The molecule has 9 aromatic rings. The maximum absolute atomic E-state index is 6.88. The number of fused-ring (bicyclic) bond motifs is 3. The van der Waals surface area contributed by atoms with Crippen LogP contribution in [0.4, 0.5) is 0 Å². The molecule has 0 atom stereocenters. The van der Waals surface area contributed by atoms with Crippen molar-refractivity contribution in [3.8, 4) is 67.5 Å². The fourth-order valence-electron chi connectivity index (χ4n) is 7.60. The van der Waals surface area contributed by atoms with Crippen molar-refractivity contribution in [2.75, 3.05) is 0 Å². The van der Waals surface area contributed by atoms with Gasteiger partial charge in [0.25, 0.3) is 0 Å². The van der Waals surface area contributed by atoms with Gasteiger partial charge in [-0.15, -0.1) is 27.3 Å². The average molecular weight is 736 g/mol. The van der Waals surface area contributed by atoms with Gasteiger partial charge < -0.3 is 4.42 Å². The van der Waals surface area contributed by atoms with Crippen LogP contribution in [0.15, 0.2) is 114 Å². The highest BCUT2D eigenvalue weighted by Crippen LogP contribution is 2.37. The summed E-state index contributed by atoms with van der Waals surface area (Å²) in [6, 6.07) is 36.0. The van der Waals surface area contributed by atoms with E-state index in [1.165, 1.54) is 0 Å². The van der Waals surface area contributed by atoms with Crippen molar-refractivity contribution in [1.29, 1.82) is 0 Å². The monoisotopic (exact) mass is 737 g/mol. The Morgan fingerprint density at radius 3 is 1.13 bits per heavy atom. The molecule has 22 radical (unpaired) electrons. The predicted molar refractivity (Wildman–Crippen MR) is 259 cm³/mol. The highest BCUT2D eigenvalue weighted by Gasteiger charge is 2.27. The number of hydrogen-bond acceptors (Lipinski definition) is 4. The Kier molecular flexibility index (Phi) is 10.1. The van der Waals surface area contributed by atoms with Crippen molar-refractivity contribution in [2.24, 2.45) is 0 Å². The molecular weight excluding hydrogens is 717 g/mol. The molecule has 0 saturated carbocycles. The molecule has 0 aliphatic rings. The lowest BCUT2D eigenvalue weighted by Crippen LogP contribution is -2.56. The molecule has 0 bridgehead atoms. The predicted octanol–water partition coefficient (Wildman–Crippen LogP) is -1.50. The summed E-state index contributed by atoms with van der Waals surface area (Å²) < 4.78 is 6.55. The van der Waals surface area contributed by atoms with Gasteiger partial charge in [-0.25, -0.2) is 15.0 Å². The van der Waals surface area contributed by atoms with Crippen molar-refractivity contribution in [1.82, 2.24) is 15.0 Å². The topological polar surface area (TPSA) is 51.8 Å². The second kappa shape index (κ2) is 15.3. The van der Waals surface area contributed by atoms with Crippen molar-refractivity contribution in [3.05, 3.63) is 109 Å². The Hall–Kier alpha value is -5.94. The van der Waals surface area contributed by atoms with E-state index in [0.717, 1.165) is 27.8 Å². The molecule has 0 spiro atoms. The van der Waals surface area contributed by atoms with Gasteiger partial charge in [0, 0.05) is 33.0 Å². The molecule has 0 amide bonds. The first-order chi connectivity index (χ1) is 28.8. The number of hydrogen-bond donors (Lipinski definition) is 0. The molecule has 252 valence electrons. The summed E-state index contributed by atoms with van der Waals surface area (Å²) in [6.07, 6.45) is 0. The van der Waals surface area contributed by atoms with Gasteiger partial charge in [0.1, 0.15) is 97.5 Å². The Bertz CT molecular complexity index is 3170. The largest absolute Gasteiger partial charge is 0.456 e. The number of rotatable bonds is 6. The smallest absolute Gasteiger partial charge is 0.164 e. The summed E-state index contributed by atoms with van der Waals surface area (Å²) in [7, 11) is 72.1. The molecule has 0 aliphatic carbocycles. The van der Waals surface area contributed by atoms with Gasteiger partial charge >= 0.3 is 0 Å². The molecule has 60 heavy (non-hydrogen) atoms. The Morgan fingerprint density at radius 2 is 0.617 bits per heavy atom. The second-order valence-electron chi connectivity index (χ2n) is 14.4. The molecule has 2 heterocycles. The van der Waals surface area contributed by atoms with Crippen LogP contribution in [0, 0.1) is 0 Å². The van der Waals surface area contributed by atoms with Crippen LogP contribution < -0.4 is 60.1 Å². The number of nitrogens with zero attached hydrogens (tertiary/aromatic N) is 3. The van der Waals surface area contributed by atoms with E-state index in [0.29, 0.717) is 22.6 Å². The molecule has 0 fully saturated rings. The fraction of sp³-hybridized carbons (Fsp3) is 0. The molecule has 0 saturated heterocycles. The van der Waals surface area contributed by atoms with E-state index in [4.69, 9.17) is 106 Å². The lowest BCUT2D eigenvalue weighted by Gasteiger charge is -2.24. The average Bonchev–Trinajstić information content (AvgIpc) is 3.68. The maximum atomic E-state index is 6.88. The van der Waals surface area contributed by atoms with Crippen LogP contribution in [0.1, 0.15) is 0 Å². The highest BCUT2D eigenvalue weighted by atomic mass is 16.3. The highest BCUT2D eigenvalue weighted by molar-refractivity contribution is 6.71. The molecule has 2 aromatic heterocycles. The molecule has 0 aliphatic heterocycles. The van der Waals surface area contributed by atoms with Crippen LogP contribution >= 0.6 is 0 Å². The number of furan rings is 1. The van der Waals surface area contributed by atoms with Crippen molar-refractivity contribution in [2.45, 2.75) is 0 Å². The van der Waals surface area contributed by atoms with Crippen LogP contribution in [0.2, 0.25) is 0 Å². The van der Waals surface area contributed by atoms with Gasteiger partial charge in [-0.1, -0.05) is 142 Å². The van der Waals surface area contributed by atoms with E-state index in [2.05, 4.69) is 36.4 Å². The summed E-state index contributed by atoms with van der Waals surface area (Å²) >= 11 is 0. The number of aromatic nitrogens is 3. The fourth-order valence-corrected chi connectivity index (χ4v) is 7.60. The minimum Gasteiger partial charge on any atom is -0.456 e. The molecule has 9 rings (SSSR count). The van der Waals surface area contributed by atoms with E-state index in [1.807, 2.05) is 72.8 Å². The van der Waals surface area contributed by atoms with Gasteiger partial charge in [-0.05, 0) is 27.8 Å². The van der Waals surface area contributed by atoms with E-state index < -0.39 is 0 Å². The van der Waals surface area contributed by atoms with Crippen molar-refractivity contribution in [3.63, 3.8) is 0 Å². The van der Waals surface area contributed by atoms with E-state index in [-0.39, 0.29) is 99.2 Å². The summed E-state index contributed by atoms with van der Waals surface area (Å²) in [6.45, 7) is 0. The van der Waals surface area contributed by atoms with Gasteiger partial charge in [0.05, 0.1) is 0 Å². The lowest BCUT2D eigenvalue weighted by atomic mass is 9.58. The first-order valence-electron chi connectivity index (χ1n) is 18.6. The first kappa shape index (κ1) is 39.5. The van der Waals surface area contributed by atoms with Crippen LogP contribution in [-0.2, 0) is 0 Å². The van der Waals surface area contributed by atoms with Crippen molar-refractivity contribution >= 4 is 168 Å². The molecule has 0 N–H and O–H groups in total. The second-order valence-corrected chi connectivity index (χ2v) is 14.4. The Labute approximate surface area is 362 Å². The van der Waals surface area contributed by atoms with Crippen LogP contribution in [0.3, 0.4) is 0 Å². The zero-order valence-corrected chi connectivity index (χ0v) is 32.0. The minimum absolute atomic E-state index is 0.00567. The zero-order chi connectivity index (χ0) is 42.1. The summed E-state index contributed by atoms with van der Waals surface area (Å²) in [5, 5.41) is 0.567. The van der Waals surface area contributed by atoms with Gasteiger partial charge in [0.2, 0.25) is 0 Å². The third-order valence-corrected chi connectivity index (χ3v) is 10.9. The minimum atomic E-state index is -0.0102. The molecule has 7 aromatic carbocycles. The third kappa shape index (κ3) is 6.36.